The fraction of sp³-hybridized carbons (Fsp3) is 0.211. The van der Waals surface area contributed by atoms with Crippen LogP contribution >= 0.6 is 22.9 Å². The minimum atomic E-state index is -4.42. The van der Waals surface area contributed by atoms with Gasteiger partial charge in [0.25, 0.3) is 5.91 Å². The molecule has 1 amide bonds. The van der Waals surface area contributed by atoms with Crippen LogP contribution in [0.1, 0.15) is 28.0 Å². The van der Waals surface area contributed by atoms with Crippen LogP contribution in [0, 0.1) is 18.7 Å². The van der Waals surface area contributed by atoms with Crippen LogP contribution < -0.4 is 5.32 Å². The Bertz CT molecular complexity index is 899. The quantitative estimate of drug-likeness (QED) is 0.384. The third kappa shape index (κ3) is 8.05. The van der Waals surface area contributed by atoms with Crippen molar-refractivity contribution in [3.8, 4) is 12.8 Å². The van der Waals surface area contributed by atoms with Gasteiger partial charge in [-0.3, -0.25) is 9.79 Å². The Kier molecular flexibility index (Phi) is 9.51. The molecule has 0 atom stereocenters. The van der Waals surface area contributed by atoms with Gasteiger partial charge < -0.3 is 5.32 Å². The maximum absolute atomic E-state index is 13.8. The molecule has 2 aromatic rings. The molecule has 0 fully saturated rings. The molecule has 0 saturated carbocycles. The molecule has 0 radical (unpaired) electrons. The Labute approximate surface area is 174 Å². The number of carbonyl (C=O) groups is 1. The van der Waals surface area contributed by atoms with Gasteiger partial charge in [-0.15, -0.1) is 24.2 Å². The number of terminal acetylenes is 1. The van der Waals surface area contributed by atoms with E-state index in [4.69, 9.17) is 11.6 Å². The fourth-order valence-corrected chi connectivity index (χ4v) is 2.99. The highest BCUT2D eigenvalue weighted by atomic mass is 35.5. The van der Waals surface area contributed by atoms with Gasteiger partial charge in [0.1, 0.15) is 18.1 Å². The van der Waals surface area contributed by atoms with E-state index in [0.717, 1.165) is 17.6 Å². The predicted molar refractivity (Wildman–Crippen MR) is 107 cm³/mol. The van der Waals surface area contributed by atoms with Crippen molar-refractivity contribution >= 4 is 35.1 Å². The van der Waals surface area contributed by atoms with Crippen molar-refractivity contribution in [2.45, 2.75) is 19.5 Å². The SMILES string of the molecule is C#C.C/C=C(\C=NCC(F)(F)F)NC(=O)c1csc(Cc2c(F)cccc2Cl)n1. The predicted octanol–water partition coefficient (Wildman–Crippen LogP) is 5.04. The average molecular weight is 446 g/mol. The molecule has 1 aromatic heterocycles. The van der Waals surface area contributed by atoms with Gasteiger partial charge >= 0.3 is 6.18 Å². The maximum atomic E-state index is 13.8. The Balaban J connectivity index is 0.00000204. The van der Waals surface area contributed by atoms with Crippen molar-refractivity contribution < 1.29 is 22.4 Å². The molecule has 1 heterocycles. The fourth-order valence-electron chi connectivity index (χ4n) is 1.97. The molecule has 4 nitrogen and oxygen atoms in total. The topological polar surface area (TPSA) is 54.4 Å². The van der Waals surface area contributed by atoms with Gasteiger partial charge in [-0.25, -0.2) is 9.37 Å². The summed E-state index contributed by atoms with van der Waals surface area (Å²) >= 11 is 7.12. The number of alkyl halides is 3. The van der Waals surface area contributed by atoms with Crippen molar-refractivity contribution in [2.75, 3.05) is 6.54 Å². The molecule has 0 aliphatic carbocycles. The molecule has 0 spiro atoms. The molecule has 10 heteroatoms. The molecule has 0 aliphatic heterocycles. The Morgan fingerprint density at radius 3 is 2.66 bits per heavy atom. The highest BCUT2D eigenvalue weighted by Crippen LogP contribution is 2.24. The summed E-state index contributed by atoms with van der Waals surface area (Å²) in [5.74, 6) is -1.08. The Morgan fingerprint density at radius 1 is 1.38 bits per heavy atom. The first-order valence-electron chi connectivity index (χ1n) is 7.94. The summed E-state index contributed by atoms with van der Waals surface area (Å²) < 4.78 is 50.2. The molecular formula is C19H16ClF4N3OS. The molecule has 0 saturated heterocycles. The molecule has 154 valence electrons. The highest BCUT2D eigenvalue weighted by molar-refractivity contribution is 7.09. The lowest BCUT2D eigenvalue weighted by atomic mass is 10.1. The number of aliphatic imine (C=N–C) groups is 1. The summed E-state index contributed by atoms with van der Waals surface area (Å²) in [6.45, 7) is 0.201. The standard InChI is InChI=1S/C17H14ClF4N3OS.C2H2/c1-2-10(7-23-9-17(20,21)22)24-16(26)14-8-27-15(25-14)6-11-12(18)4-3-5-13(11)19;1-2/h2-5,7-8H,6,9H2,1H3,(H,24,26);1-2H/b10-2+,23-7?;. The largest absolute Gasteiger partial charge is 0.407 e. The molecule has 1 aromatic carbocycles. The Morgan fingerprint density at radius 2 is 2.07 bits per heavy atom. The summed E-state index contributed by atoms with van der Waals surface area (Å²) in [6.07, 6.45) is 6.03. The summed E-state index contributed by atoms with van der Waals surface area (Å²) in [5.41, 5.74) is 0.441. The van der Waals surface area contributed by atoms with Crippen molar-refractivity contribution in [3.05, 3.63) is 62.5 Å². The number of aromatic nitrogens is 1. The van der Waals surface area contributed by atoms with Crippen LogP contribution in [0.3, 0.4) is 0 Å². The van der Waals surface area contributed by atoms with Gasteiger partial charge in [0.15, 0.2) is 0 Å². The van der Waals surface area contributed by atoms with E-state index in [1.54, 1.807) is 13.0 Å². The van der Waals surface area contributed by atoms with E-state index in [1.165, 1.54) is 23.6 Å². The summed E-state index contributed by atoms with van der Waals surface area (Å²) in [4.78, 5) is 19.5. The number of nitrogens with one attached hydrogen (secondary N) is 1. The minimum absolute atomic E-state index is 0.0611. The third-order valence-electron chi connectivity index (χ3n) is 3.24. The lowest BCUT2D eigenvalue weighted by molar-refractivity contribution is -0.118. The van der Waals surface area contributed by atoms with E-state index in [-0.39, 0.29) is 28.4 Å². The van der Waals surface area contributed by atoms with Crippen LogP contribution in [0.25, 0.3) is 0 Å². The number of carbonyl (C=O) groups excluding carboxylic acids is 1. The number of thiazole rings is 1. The van der Waals surface area contributed by atoms with Crippen LogP contribution in [0.2, 0.25) is 5.02 Å². The number of allylic oxidation sites excluding steroid dienone is 2. The number of rotatable bonds is 6. The molecular weight excluding hydrogens is 430 g/mol. The summed E-state index contributed by atoms with van der Waals surface area (Å²) in [6, 6.07) is 4.32. The second-order valence-electron chi connectivity index (χ2n) is 5.29. The summed E-state index contributed by atoms with van der Waals surface area (Å²) in [5, 5.41) is 4.62. The summed E-state index contributed by atoms with van der Waals surface area (Å²) in [7, 11) is 0. The first-order valence-corrected chi connectivity index (χ1v) is 9.20. The van der Waals surface area contributed by atoms with Crippen molar-refractivity contribution in [2.24, 2.45) is 4.99 Å². The molecule has 1 N–H and O–H groups in total. The maximum Gasteiger partial charge on any atom is 0.407 e. The number of hydrogen-bond acceptors (Lipinski definition) is 4. The van der Waals surface area contributed by atoms with E-state index < -0.39 is 24.4 Å². The Hall–Kier alpha value is -2.70. The van der Waals surface area contributed by atoms with Gasteiger partial charge in [0, 0.05) is 28.6 Å². The third-order valence-corrected chi connectivity index (χ3v) is 4.45. The van der Waals surface area contributed by atoms with Crippen molar-refractivity contribution in [1.82, 2.24) is 10.3 Å². The number of nitrogens with zero attached hydrogens (tertiary/aromatic N) is 2. The zero-order valence-electron chi connectivity index (χ0n) is 15.1. The molecule has 0 aliphatic rings. The lowest BCUT2D eigenvalue weighted by Gasteiger charge is -2.05. The molecule has 0 bridgehead atoms. The van der Waals surface area contributed by atoms with Crippen molar-refractivity contribution in [1.29, 1.82) is 0 Å². The highest BCUT2D eigenvalue weighted by Gasteiger charge is 2.26. The second kappa shape index (κ2) is 11.3. The lowest BCUT2D eigenvalue weighted by Crippen LogP contribution is -2.24. The van der Waals surface area contributed by atoms with E-state index in [1.807, 2.05) is 0 Å². The second-order valence-corrected chi connectivity index (χ2v) is 6.64. The van der Waals surface area contributed by atoms with Crippen LogP contribution in [0.5, 0.6) is 0 Å². The van der Waals surface area contributed by atoms with Gasteiger partial charge in [-0.05, 0) is 19.1 Å². The van der Waals surface area contributed by atoms with Crippen LogP contribution in [-0.2, 0) is 6.42 Å². The van der Waals surface area contributed by atoms with Gasteiger partial charge in [0.05, 0.1) is 10.7 Å². The van der Waals surface area contributed by atoms with Crippen molar-refractivity contribution in [3.63, 3.8) is 0 Å². The van der Waals surface area contributed by atoms with E-state index >= 15 is 0 Å². The monoisotopic (exact) mass is 445 g/mol. The molecule has 2 rings (SSSR count). The first kappa shape index (κ1) is 24.3. The first-order chi connectivity index (χ1) is 13.7. The van der Waals surface area contributed by atoms with Crippen LogP contribution in [-0.4, -0.2) is 29.8 Å². The molecule has 29 heavy (non-hydrogen) atoms. The van der Waals surface area contributed by atoms with Gasteiger partial charge in [-0.1, -0.05) is 23.7 Å². The number of benzene rings is 1. The number of hydrogen-bond donors (Lipinski definition) is 1. The van der Waals surface area contributed by atoms with Crippen LogP contribution in [0.4, 0.5) is 17.6 Å². The van der Waals surface area contributed by atoms with E-state index in [2.05, 4.69) is 28.1 Å². The molecule has 0 unspecified atom stereocenters. The van der Waals surface area contributed by atoms with Crippen LogP contribution in [0.15, 0.2) is 40.3 Å². The normalized spacial score (nSPS) is 11.8. The van der Waals surface area contributed by atoms with E-state index in [0.29, 0.717) is 5.01 Å². The number of amides is 1. The average Bonchev–Trinajstić information content (AvgIpc) is 3.13. The van der Waals surface area contributed by atoms with Gasteiger partial charge in [-0.2, -0.15) is 13.2 Å². The van der Waals surface area contributed by atoms with Gasteiger partial charge in [0.2, 0.25) is 0 Å². The smallest absolute Gasteiger partial charge is 0.320 e. The zero-order chi connectivity index (χ0) is 22.0. The number of halogens is 5. The minimum Gasteiger partial charge on any atom is -0.320 e. The zero-order valence-corrected chi connectivity index (χ0v) is 16.7. The van der Waals surface area contributed by atoms with E-state index in [9.17, 15) is 22.4 Å².